The summed E-state index contributed by atoms with van der Waals surface area (Å²) in [4.78, 5) is 3.76. The van der Waals surface area contributed by atoms with Gasteiger partial charge >= 0.3 is 0 Å². The van der Waals surface area contributed by atoms with E-state index >= 15 is 0 Å². The van der Waals surface area contributed by atoms with Crippen LogP contribution in [0.4, 0.5) is 19.6 Å². The predicted octanol–water partition coefficient (Wildman–Crippen LogP) is 2.88. The van der Waals surface area contributed by atoms with Crippen molar-refractivity contribution in [2.75, 3.05) is 10.5 Å². The van der Waals surface area contributed by atoms with Gasteiger partial charge in [-0.25, -0.2) is 22.2 Å². The molecule has 0 saturated carbocycles. The fourth-order valence-corrected chi connectivity index (χ4v) is 4.25. The van der Waals surface area contributed by atoms with Crippen molar-refractivity contribution in [2.24, 2.45) is 0 Å². The number of halogens is 3. The Hall–Kier alpha value is -1.26. The summed E-state index contributed by atoms with van der Waals surface area (Å²) in [5, 5.41) is 0.0552. The number of aryl methyl sites for hydroxylation is 1. The lowest BCUT2D eigenvalue weighted by Gasteiger charge is -2.09. The average molecular weight is 384 g/mol. The predicted molar refractivity (Wildman–Crippen MR) is 76.1 cm³/mol. The number of nitrogens with one attached hydrogen (secondary N) is 1. The third-order valence-electron chi connectivity index (χ3n) is 2.26. The smallest absolute Gasteiger partial charge is 0.273 e. The zero-order chi connectivity index (χ0) is 15.1. The van der Waals surface area contributed by atoms with E-state index in [4.69, 9.17) is 5.73 Å². The Bertz CT molecular complexity index is 754. The SMILES string of the molecule is Cc1nc(N)sc1S(=O)(=O)Nc1c(F)cc(Br)cc1F. The maximum atomic E-state index is 13.6. The maximum absolute atomic E-state index is 13.6. The third kappa shape index (κ3) is 2.91. The highest BCUT2D eigenvalue weighted by atomic mass is 79.9. The van der Waals surface area contributed by atoms with Gasteiger partial charge < -0.3 is 5.73 Å². The summed E-state index contributed by atoms with van der Waals surface area (Å²) in [5.74, 6) is -2.06. The van der Waals surface area contributed by atoms with Crippen LogP contribution in [0.5, 0.6) is 0 Å². The second-order valence-corrected chi connectivity index (χ2v) is 7.60. The molecular formula is C10H8BrF2N3O2S2. The standard InChI is InChI=1S/C10H8BrF2N3O2S2/c1-4-9(19-10(14)15-4)20(17,18)16-8-6(12)2-5(11)3-7(8)13/h2-3,16H,1H3,(H2,14,15). The number of hydrogen-bond donors (Lipinski definition) is 2. The van der Waals surface area contributed by atoms with E-state index in [9.17, 15) is 17.2 Å². The molecule has 0 unspecified atom stereocenters. The molecular weight excluding hydrogens is 376 g/mol. The Labute approximate surface area is 126 Å². The minimum atomic E-state index is -4.15. The first kappa shape index (κ1) is 15.1. The molecule has 0 bridgehead atoms. The van der Waals surface area contributed by atoms with E-state index in [1.807, 2.05) is 4.72 Å². The van der Waals surface area contributed by atoms with Crippen LogP contribution in [0.15, 0.2) is 20.8 Å². The molecule has 108 valence electrons. The normalized spacial score (nSPS) is 11.6. The summed E-state index contributed by atoms with van der Waals surface area (Å²) in [5.41, 5.74) is 4.82. The molecule has 0 amide bonds. The average Bonchev–Trinajstić information content (AvgIpc) is 2.64. The molecule has 0 saturated heterocycles. The summed E-state index contributed by atoms with van der Waals surface area (Å²) < 4.78 is 53.3. The van der Waals surface area contributed by atoms with E-state index in [-0.39, 0.29) is 19.5 Å². The van der Waals surface area contributed by atoms with E-state index in [1.165, 1.54) is 6.92 Å². The van der Waals surface area contributed by atoms with Crippen molar-refractivity contribution in [3.05, 3.63) is 33.9 Å². The fourth-order valence-electron chi connectivity index (χ4n) is 1.47. The van der Waals surface area contributed by atoms with Crippen molar-refractivity contribution in [1.29, 1.82) is 0 Å². The van der Waals surface area contributed by atoms with Crippen molar-refractivity contribution >= 4 is 48.1 Å². The van der Waals surface area contributed by atoms with Crippen LogP contribution in [-0.2, 0) is 10.0 Å². The number of benzene rings is 1. The lowest BCUT2D eigenvalue weighted by Crippen LogP contribution is -2.15. The largest absolute Gasteiger partial charge is 0.375 e. The van der Waals surface area contributed by atoms with Gasteiger partial charge in [-0.3, -0.25) is 4.72 Å². The monoisotopic (exact) mass is 383 g/mol. The van der Waals surface area contributed by atoms with Gasteiger partial charge in [0.15, 0.2) is 21.0 Å². The van der Waals surface area contributed by atoms with E-state index in [0.717, 1.165) is 23.5 Å². The highest BCUT2D eigenvalue weighted by Gasteiger charge is 2.24. The number of hydrogen-bond acceptors (Lipinski definition) is 5. The first-order valence-electron chi connectivity index (χ1n) is 5.11. The van der Waals surface area contributed by atoms with Crippen molar-refractivity contribution in [1.82, 2.24) is 4.98 Å². The van der Waals surface area contributed by atoms with Gasteiger partial charge in [-0.2, -0.15) is 0 Å². The number of aromatic nitrogens is 1. The van der Waals surface area contributed by atoms with Crippen LogP contribution in [0, 0.1) is 18.6 Å². The summed E-state index contributed by atoms with van der Waals surface area (Å²) in [6, 6.07) is 1.91. The van der Waals surface area contributed by atoms with Crippen LogP contribution in [0.3, 0.4) is 0 Å². The molecule has 0 aliphatic heterocycles. The van der Waals surface area contributed by atoms with Crippen LogP contribution >= 0.6 is 27.3 Å². The first-order valence-corrected chi connectivity index (χ1v) is 8.20. The Morgan fingerprint density at radius 2 is 1.90 bits per heavy atom. The molecule has 0 atom stereocenters. The van der Waals surface area contributed by atoms with Gasteiger partial charge in [-0.1, -0.05) is 27.3 Å². The molecule has 2 aromatic rings. The van der Waals surface area contributed by atoms with Gasteiger partial charge in [-0.15, -0.1) is 0 Å². The molecule has 20 heavy (non-hydrogen) atoms. The van der Waals surface area contributed by atoms with Gasteiger partial charge in [0.2, 0.25) is 0 Å². The van der Waals surface area contributed by atoms with Crippen LogP contribution < -0.4 is 10.5 Å². The number of sulfonamides is 1. The van der Waals surface area contributed by atoms with E-state index in [0.29, 0.717) is 0 Å². The van der Waals surface area contributed by atoms with Crippen LogP contribution in [0.2, 0.25) is 0 Å². The second kappa shape index (κ2) is 5.26. The van der Waals surface area contributed by atoms with E-state index in [1.54, 1.807) is 0 Å². The van der Waals surface area contributed by atoms with Crippen molar-refractivity contribution in [3.8, 4) is 0 Å². The number of nitrogen functional groups attached to an aromatic ring is 1. The Morgan fingerprint density at radius 3 is 2.35 bits per heavy atom. The summed E-state index contributed by atoms with van der Waals surface area (Å²) in [6.45, 7) is 1.44. The molecule has 2 rings (SSSR count). The second-order valence-electron chi connectivity index (χ2n) is 3.77. The third-order valence-corrected chi connectivity index (χ3v) is 5.66. The van der Waals surface area contributed by atoms with Gasteiger partial charge in [0.1, 0.15) is 5.69 Å². The highest BCUT2D eigenvalue weighted by molar-refractivity contribution is 9.10. The fraction of sp³-hybridized carbons (Fsp3) is 0.100. The quantitative estimate of drug-likeness (QED) is 0.852. The molecule has 0 aliphatic rings. The lowest BCUT2D eigenvalue weighted by atomic mass is 10.3. The lowest BCUT2D eigenvalue weighted by molar-refractivity contribution is 0.582. The van der Waals surface area contributed by atoms with Gasteiger partial charge in [0.05, 0.1) is 5.69 Å². The van der Waals surface area contributed by atoms with Gasteiger partial charge in [0, 0.05) is 4.47 Å². The number of rotatable bonds is 3. The van der Waals surface area contributed by atoms with Crippen molar-refractivity contribution in [3.63, 3.8) is 0 Å². The van der Waals surface area contributed by atoms with E-state index < -0.39 is 27.3 Å². The molecule has 0 spiro atoms. The molecule has 1 aromatic carbocycles. The van der Waals surface area contributed by atoms with Gasteiger partial charge in [-0.05, 0) is 19.1 Å². The van der Waals surface area contributed by atoms with E-state index in [2.05, 4.69) is 20.9 Å². The molecule has 1 heterocycles. The maximum Gasteiger partial charge on any atom is 0.273 e. The topological polar surface area (TPSA) is 85.1 Å². The van der Waals surface area contributed by atoms with Crippen LogP contribution in [0.1, 0.15) is 5.69 Å². The molecule has 0 radical (unpaired) electrons. The van der Waals surface area contributed by atoms with Gasteiger partial charge in [0.25, 0.3) is 10.0 Å². The molecule has 10 heteroatoms. The minimum Gasteiger partial charge on any atom is -0.375 e. The Morgan fingerprint density at radius 1 is 1.35 bits per heavy atom. The number of nitrogens with zero attached hydrogens (tertiary/aromatic N) is 1. The minimum absolute atomic E-state index is 0.0552. The summed E-state index contributed by atoms with van der Waals surface area (Å²) in [6.07, 6.45) is 0. The highest BCUT2D eigenvalue weighted by Crippen LogP contribution is 2.30. The molecule has 1 aromatic heterocycles. The number of thiazole rings is 1. The molecule has 3 N–H and O–H groups in total. The molecule has 0 aliphatic carbocycles. The molecule has 0 fully saturated rings. The summed E-state index contributed by atoms with van der Waals surface area (Å²) >= 11 is 3.62. The Kier molecular flexibility index (Phi) is 3.98. The van der Waals surface area contributed by atoms with Crippen molar-refractivity contribution in [2.45, 2.75) is 11.1 Å². The zero-order valence-electron chi connectivity index (χ0n) is 9.95. The number of anilines is 2. The molecule has 5 nitrogen and oxygen atoms in total. The van der Waals surface area contributed by atoms with Crippen molar-refractivity contribution < 1.29 is 17.2 Å². The summed E-state index contributed by atoms with van der Waals surface area (Å²) in [7, 11) is -4.15. The van der Waals surface area contributed by atoms with Crippen LogP contribution in [-0.4, -0.2) is 13.4 Å². The first-order chi connectivity index (χ1) is 9.20. The van der Waals surface area contributed by atoms with Crippen LogP contribution in [0.25, 0.3) is 0 Å². The zero-order valence-corrected chi connectivity index (χ0v) is 13.2. The Balaban J connectivity index is 2.46. The number of nitrogens with two attached hydrogens (primary N) is 1.